The van der Waals surface area contributed by atoms with Gasteiger partial charge in [-0.15, -0.1) is 0 Å². The Bertz CT molecular complexity index is 643. The molecule has 142 valence electrons. The van der Waals surface area contributed by atoms with E-state index < -0.39 is 6.03 Å². The van der Waals surface area contributed by atoms with Gasteiger partial charge in [0.25, 0.3) is 5.91 Å². The van der Waals surface area contributed by atoms with Crippen LogP contribution in [0.2, 0.25) is 0 Å². The molecule has 1 aromatic carbocycles. The van der Waals surface area contributed by atoms with E-state index in [1.807, 2.05) is 0 Å². The van der Waals surface area contributed by atoms with Crippen LogP contribution in [0.25, 0.3) is 0 Å². The third-order valence-electron chi connectivity index (χ3n) is 4.33. The van der Waals surface area contributed by atoms with E-state index >= 15 is 0 Å². The fourth-order valence-corrected chi connectivity index (χ4v) is 2.84. The minimum absolute atomic E-state index is 0.151. The second-order valence-corrected chi connectivity index (χ2v) is 6.48. The number of rotatable bonds is 7. The molecule has 0 saturated carbocycles. The van der Waals surface area contributed by atoms with Gasteiger partial charge in [0, 0.05) is 31.4 Å². The van der Waals surface area contributed by atoms with Gasteiger partial charge in [-0.2, -0.15) is 0 Å². The van der Waals surface area contributed by atoms with Crippen LogP contribution in [0.15, 0.2) is 24.3 Å². The van der Waals surface area contributed by atoms with E-state index in [1.54, 1.807) is 24.3 Å². The summed E-state index contributed by atoms with van der Waals surface area (Å²) >= 11 is 0. The van der Waals surface area contributed by atoms with Crippen LogP contribution in [0.1, 0.15) is 29.6 Å². The topological polar surface area (TPSA) is 108 Å². The fraction of sp³-hybridized carbons (Fsp3) is 0.500. The third kappa shape index (κ3) is 6.36. The third-order valence-corrected chi connectivity index (χ3v) is 4.33. The van der Waals surface area contributed by atoms with E-state index in [1.165, 1.54) is 26.3 Å². The maximum atomic E-state index is 12.3. The zero-order chi connectivity index (χ0) is 18.9. The lowest BCUT2D eigenvalue weighted by Gasteiger charge is -2.26. The molecule has 0 spiro atoms. The van der Waals surface area contributed by atoms with Gasteiger partial charge in [0.15, 0.2) is 0 Å². The lowest BCUT2D eigenvalue weighted by molar-refractivity contribution is -0.116. The number of hydrogen-bond acceptors (Lipinski definition) is 4. The molecule has 1 fully saturated rings. The molecule has 1 aliphatic rings. The molecular weight excluding hydrogens is 334 g/mol. The number of anilines is 1. The number of urea groups is 1. The van der Waals surface area contributed by atoms with Crippen LogP contribution in [0.4, 0.5) is 10.5 Å². The zero-order valence-electron chi connectivity index (χ0n) is 15.2. The van der Waals surface area contributed by atoms with Crippen molar-refractivity contribution >= 4 is 23.5 Å². The van der Waals surface area contributed by atoms with Crippen molar-refractivity contribution in [3.63, 3.8) is 0 Å². The van der Waals surface area contributed by atoms with Crippen molar-refractivity contribution in [1.82, 2.24) is 15.1 Å². The molecule has 1 saturated heterocycles. The first-order chi connectivity index (χ1) is 12.5. The highest BCUT2D eigenvalue weighted by Gasteiger charge is 2.12. The minimum Gasteiger partial charge on any atom is -0.351 e. The van der Waals surface area contributed by atoms with E-state index in [4.69, 9.17) is 5.73 Å². The van der Waals surface area contributed by atoms with Crippen molar-refractivity contribution in [2.75, 3.05) is 45.1 Å². The quantitative estimate of drug-likeness (QED) is 0.669. The summed E-state index contributed by atoms with van der Waals surface area (Å²) in [5, 5.41) is 5.57. The summed E-state index contributed by atoms with van der Waals surface area (Å²) in [6.07, 6.45) is 3.73. The molecule has 4 N–H and O–H groups in total. The molecule has 1 heterocycles. The van der Waals surface area contributed by atoms with Gasteiger partial charge in [-0.1, -0.05) is 12.5 Å². The maximum absolute atomic E-state index is 12.3. The molecule has 8 nitrogen and oxygen atoms in total. The van der Waals surface area contributed by atoms with Crippen molar-refractivity contribution in [1.29, 1.82) is 0 Å². The smallest absolute Gasteiger partial charge is 0.314 e. The molecule has 26 heavy (non-hydrogen) atoms. The molecular formula is C18H27N5O3. The summed E-state index contributed by atoms with van der Waals surface area (Å²) in [5.74, 6) is -0.554. The average molecular weight is 361 g/mol. The number of nitrogens with two attached hydrogens (primary N) is 1. The lowest BCUT2D eigenvalue weighted by atomic mass is 10.1. The summed E-state index contributed by atoms with van der Waals surface area (Å²) < 4.78 is 0. The Hall–Kier alpha value is -2.61. The number of nitrogens with zero attached hydrogens (tertiary/aromatic N) is 2. The Balaban J connectivity index is 1.82. The second-order valence-electron chi connectivity index (χ2n) is 6.48. The van der Waals surface area contributed by atoms with Crippen LogP contribution < -0.4 is 16.4 Å². The van der Waals surface area contributed by atoms with Crippen LogP contribution in [-0.4, -0.2) is 67.4 Å². The Morgan fingerprint density at radius 3 is 2.62 bits per heavy atom. The summed E-state index contributed by atoms with van der Waals surface area (Å²) in [4.78, 5) is 38.6. The molecule has 0 bridgehead atoms. The van der Waals surface area contributed by atoms with Gasteiger partial charge < -0.3 is 26.2 Å². The van der Waals surface area contributed by atoms with Gasteiger partial charge in [0.05, 0.1) is 0 Å². The molecule has 1 aromatic rings. The van der Waals surface area contributed by atoms with Gasteiger partial charge in [-0.25, -0.2) is 4.79 Å². The number of carbonyl (C=O) groups excluding carboxylic acids is 3. The molecule has 2 rings (SSSR count). The summed E-state index contributed by atoms with van der Waals surface area (Å²) in [6, 6.07) is 6.02. The van der Waals surface area contributed by atoms with Crippen molar-refractivity contribution < 1.29 is 14.4 Å². The van der Waals surface area contributed by atoms with E-state index in [2.05, 4.69) is 15.5 Å². The number of likely N-dealkylation sites (N-methyl/N-ethyl adjacent to an activating group) is 1. The van der Waals surface area contributed by atoms with Gasteiger partial charge in [-0.05, 0) is 44.1 Å². The summed E-state index contributed by atoms with van der Waals surface area (Å²) in [7, 11) is 1.44. The van der Waals surface area contributed by atoms with Gasteiger partial charge in [-0.3, -0.25) is 9.59 Å². The van der Waals surface area contributed by atoms with Crippen molar-refractivity contribution in [2.45, 2.75) is 19.3 Å². The Labute approximate surface area is 153 Å². The van der Waals surface area contributed by atoms with Crippen LogP contribution in [0, 0.1) is 0 Å². The number of primary amides is 1. The highest BCUT2D eigenvalue weighted by molar-refractivity contribution is 5.98. The SMILES string of the molecule is CN(CC(=O)Nc1cccc(C(=O)NCCN2CCCCC2)c1)C(N)=O. The number of hydrogen-bond donors (Lipinski definition) is 3. The van der Waals surface area contributed by atoms with E-state index in [9.17, 15) is 14.4 Å². The lowest BCUT2D eigenvalue weighted by Crippen LogP contribution is -2.38. The number of nitrogens with one attached hydrogen (secondary N) is 2. The zero-order valence-corrected chi connectivity index (χ0v) is 15.2. The van der Waals surface area contributed by atoms with E-state index in [0.717, 1.165) is 24.5 Å². The van der Waals surface area contributed by atoms with Crippen LogP contribution in [0.3, 0.4) is 0 Å². The van der Waals surface area contributed by atoms with Crippen molar-refractivity contribution in [3.05, 3.63) is 29.8 Å². The molecule has 4 amide bonds. The number of likely N-dealkylation sites (tertiary alicyclic amines) is 1. The predicted molar refractivity (Wildman–Crippen MR) is 99.9 cm³/mol. The predicted octanol–water partition coefficient (Wildman–Crippen LogP) is 0.851. The average Bonchev–Trinajstić information content (AvgIpc) is 2.62. The van der Waals surface area contributed by atoms with Gasteiger partial charge in [0.2, 0.25) is 5.91 Å². The highest BCUT2D eigenvalue weighted by Crippen LogP contribution is 2.11. The minimum atomic E-state index is -0.679. The fourth-order valence-electron chi connectivity index (χ4n) is 2.84. The highest BCUT2D eigenvalue weighted by atomic mass is 16.2. The van der Waals surface area contributed by atoms with E-state index in [-0.39, 0.29) is 18.4 Å². The first-order valence-corrected chi connectivity index (χ1v) is 8.87. The normalized spacial score (nSPS) is 14.5. The summed E-state index contributed by atoms with van der Waals surface area (Å²) in [5.41, 5.74) is 6.07. The number of piperidine rings is 1. The number of benzene rings is 1. The molecule has 0 aliphatic carbocycles. The first kappa shape index (κ1) is 19.7. The molecule has 0 atom stereocenters. The van der Waals surface area contributed by atoms with Crippen LogP contribution in [0.5, 0.6) is 0 Å². The Morgan fingerprint density at radius 1 is 1.19 bits per heavy atom. The van der Waals surface area contributed by atoms with Gasteiger partial charge >= 0.3 is 6.03 Å². The second kappa shape index (κ2) is 9.76. The molecule has 8 heteroatoms. The largest absolute Gasteiger partial charge is 0.351 e. The number of carbonyl (C=O) groups is 3. The van der Waals surface area contributed by atoms with Gasteiger partial charge in [0.1, 0.15) is 6.54 Å². The number of amides is 4. The van der Waals surface area contributed by atoms with Crippen molar-refractivity contribution in [2.24, 2.45) is 5.73 Å². The first-order valence-electron chi connectivity index (χ1n) is 8.87. The Morgan fingerprint density at radius 2 is 1.92 bits per heavy atom. The van der Waals surface area contributed by atoms with Crippen LogP contribution in [-0.2, 0) is 4.79 Å². The maximum Gasteiger partial charge on any atom is 0.314 e. The molecule has 1 aliphatic heterocycles. The monoisotopic (exact) mass is 361 g/mol. The van der Waals surface area contributed by atoms with Crippen molar-refractivity contribution in [3.8, 4) is 0 Å². The van der Waals surface area contributed by atoms with E-state index in [0.29, 0.717) is 17.8 Å². The standard InChI is InChI=1S/C18H27N5O3/c1-22(18(19)26)13-16(24)21-15-7-5-6-14(12-15)17(25)20-8-11-23-9-3-2-4-10-23/h5-7,12H,2-4,8-11,13H2,1H3,(H2,19,26)(H,20,25)(H,21,24). The molecule has 0 radical (unpaired) electrons. The Kier molecular flexibility index (Phi) is 7.40. The van der Waals surface area contributed by atoms with Crippen LogP contribution >= 0.6 is 0 Å². The molecule has 0 aromatic heterocycles. The molecule has 0 unspecified atom stereocenters. The summed E-state index contributed by atoms with van der Waals surface area (Å²) in [6.45, 7) is 3.48.